The molecule has 2 aromatic carbocycles. The van der Waals surface area contributed by atoms with E-state index in [9.17, 15) is 8.42 Å². The fourth-order valence-corrected chi connectivity index (χ4v) is 6.69. The van der Waals surface area contributed by atoms with Crippen molar-refractivity contribution >= 4 is 55.7 Å². The molecular weight excluding hydrogens is 534 g/mol. The van der Waals surface area contributed by atoms with Crippen LogP contribution in [0.3, 0.4) is 0 Å². The molecule has 6 rings (SSSR count). The van der Waals surface area contributed by atoms with Gasteiger partial charge in [-0.2, -0.15) is 4.98 Å². The van der Waals surface area contributed by atoms with Crippen LogP contribution < -0.4 is 20.3 Å². The summed E-state index contributed by atoms with van der Waals surface area (Å²) >= 11 is 6.38. The second-order valence-corrected chi connectivity index (χ2v) is 12.8. The molecular formula is C28H32ClN7O2S. The number of benzene rings is 2. The molecule has 3 aromatic rings. The van der Waals surface area contributed by atoms with E-state index in [-0.39, 0.29) is 5.25 Å². The van der Waals surface area contributed by atoms with Gasteiger partial charge in [0.05, 0.1) is 16.8 Å². The molecule has 1 aromatic heterocycles. The van der Waals surface area contributed by atoms with Crippen molar-refractivity contribution in [3.63, 3.8) is 0 Å². The summed E-state index contributed by atoms with van der Waals surface area (Å²) in [6.07, 6.45) is 5.40. The molecule has 1 saturated carbocycles. The zero-order chi connectivity index (χ0) is 27.0. The van der Waals surface area contributed by atoms with Crippen molar-refractivity contribution in [2.24, 2.45) is 0 Å². The molecule has 2 heterocycles. The number of hydrogen-bond donors (Lipinski definition) is 3. The monoisotopic (exact) mass is 565 g/mol. The topological polar surface area (TPSA) is 102 Å². The van der Waals surface area contributed by atoms with Crippen LogP contribution in [-0.4, -0.2) is 67.8 Å². The van der Waals surface area contributed by atoms with Gasteiger partial charge in [0.25, 0.3) is 0 Å². The van der Waals surface area contributed by atoms with Crippen LogP contribution in [0.1, 0.15) is 19.3 Å². The molecule has 2 aliphatic carbocycles. The van der Waals surface area contributed by atoms with Crippen molar-refractivity contribution in [1.82, 2.24) is 19.6 Å². The normalized spacial score (nSPS) is 20.5. The van der Waals surface area contributed by atoms with E-state index in [0.29, 0.717) is 36.1 Å². The van der Waals surface area contributed by atoms with E-state index >= 15 is 0 Å². The Morgan fingerprint density at radius 2 is 1.67 bits per heavy atom. The van der Waals surface area contributed by atoms with Crippen molar-refractivity contribution in [3.05, 3.63) is 71.4 Å². The van der Waals surface area contributed by atoms with Crippen molar-refractivity contribution in [2.45, 2.75) is 30.6 Å². The summed E-state index contributed by atoms with van der Waals surface area (Å²) in [4.78, 5) is 14.3. The van der Waals surface area contributed by atoms with E-state index < -0.39 is 16.1 Å². The van der Waals surface area contributed by atoms with Crippen molar-refractivity contribution in [2.75, 3.05) is 48.8 Å². The maximum atomic E-state index is 12.5. The number of likely N-dealkylation sites (N-methyl/N-ethyl adjacent to an activating group) is 1. The highest BCUT2D eigenvalue weighted by molar-refractivity contribution is 7.90. The Morgan fingerprint density at radius 3 is 2.41 bits per heavy atom. The van der Waals surface area contributed by atoms with Gasteiger partial charge >= 0.3 is 0 Å². The first-order valence-electron chi connectivity index (χ1n) is 13.3. The molecule has 1 atom stereocenters. The quantitative estimate of drug-likeness (QED) is 0.369. The second-order valence-electron chi connectivity index (χ2n) is 10.4. The first-order valence-corrected chi connectivity index (χ1v) is 15.2. The molecule has 1 unspecified atom stereocenters. The molecule has 1 aliphatic heterocycles. The van der Waals surface area contributed by atoms with E-state index in [2.05, 4.69) is 44.3 Å². The predicted molar refractivity (Wildman–Crippen MR) is 158 cm³/mol. The number of sulfonamides is 1. The Kier molecular flexibility index (Phi) is 7.20. The van der Waals surface area contributed by atoms with Gasteiger partial charge < -0.3 is 20.4 Å². The number of nitrogens with zero attached hydrogens (tertiary/aromatic N) is 4. The van der Waals surface area contributed by atoms with Crippen molar-refractivity contribution in [3.8, 4) is 0 Å². The van der Waals surface area contributed by atoms with Gasteiger partial charge in [0.1, 0.15) is 5.82 Å². The maximum absolute atomic E-state index is 12.5. The van der Waals surface area contributed by atoms with E-state index in [4.69, 9.17) is 21.6 Å². The number of aromatic nitrogens is 2. The van der Waals surface area contributed by atoms with Crippen LogP contribution in [0.5, 0.6) is 0 Å². The molecule has 0 bridgehead atoms. The van der Waals surface area contributed by atoms with Crippen LogP contribution in [0.15, 0.2) is 71.4 Å². The van der Waals surface area contributed by atoms with Gasteiger partial charge in [-0.25, -0.2) is 18.1 Å². The third-order valence-electron chi connectivity index (χ3n) is 7.34. The predicted octanol–water partition coefficient (Wildman–Crippen LogP) is 4.40. The van der Waals surface area contributed by atoms with E-state index in [0.717, 1.165) is 48.5 Å². The van der Waals surface area contributed by atoms with E-state index in [1.54, 1.807) is 6.08 Å². The number of hydrogen-bond acceptors (Lipinski definition) is 8. The van der Waals surface area contributed by atoms with Gasteiger partial charge in [0.2, 0.25) is 16.0 Å². The standard InChI is InChI=1S/C28H32ClN7O2S/c1-35-14-16-36(17-15-35)21-9-6-19(7-10-21)31-28-32-25-5-3-2-4-23(25)27(33-28)30-20-8-13-24(29)26(18-20)34-39(37,38)22-11-12-22/h2-10,13,22,26,34H,11-12,14-18H2,1H3,(H2,30,31,32,33). The lowest BCUT2D eigenvalue weighted by Crippen LogP contribution is -2.44. The average molecular weight is 566 g/mol. The number of anilines is 4. The Morgan fingerprint density at radius 1 is 0.923 bits per heavy atom. The molecule has 39 heavy (non-hydrogen) atoms. The molecule has 0 spiro atoms. The molecule has 0 amide bonds. The van der Waals surface area contributed by atoms with Gasteiger partial charge in [-0.05, 0) is 68.4 Å². The first kappa shape index (κ1) is 26.1. The highest BCUT2D eigenvalue weighted by atomic mass is 35.5. The molecule has 3 aliphatic rings. The first-order chi connectivity index (χ1) is 18.8. The molecule has 11 heteroatoms. The molecule has 1 saturated heterocycles. The van der Waals surface area contributed by atoms with Gasteiger partial charge in [-0.15, -0.1) is 0 Å². The Balaban J connectivity index is 1.20. The average Bonchev–Trinajstić information content (AvgIpc) is 3.78. The minimum absolute atomic E-state index is 0.306. The molecule has 0 radical (unpaired) electrons. The molecule has 2 fully saturated rings. The molecule has 9 nitrogen and oxygen atoms in total. The van der Waals surface area contributed by atoms with Gasteiger partial charge in [-0.3, -0.25) is 0 Å². The van der Waals surface area contributed by atoms with Gasteiger partial charge in [0.15, 0.2) is 0 Å². The summed E-state index contributed by atoms with van der Waals surface area (Å²) in [5, 5.41) is 7.78. The van der Waals surface area contributed by atoms with Crippen LogP contribution in [0, 0.1) is 0 Å². The summed E-state index contributed by atoms with van der Waals surface area (Å²) < 4.78 is 27.8. The highest BCUT2D eigenvalue weighted by Gasteiger charge is 2.38. The third kappa shape index (κ3) is 6.04. The van der Waals surface area contributed by atoms with Crippen LogP contribution in [0.2, 0.25) is 0 Å². The zero-order valence-corrected chi connectivity index (χ0v) is 23.3. The summed E-state index contributed by atoms with van der Waals surface area (Å²) in [6, 6.07) is 15.6. The number of fused-ring (bicyclic) bond motifs is 1. The van der Waals surface area contributed by atoms with Gasteiger partial charge in [0, 0.05) is 60.1 Å². The summed E-state index contributed by atoms with van der Waals surface area (Å²) in [5.41, 5.74) is 3.71. The van der Waals surface area contributed by atoms with Crippen LogP contribution in [0.4, 0.5) is 23.1 Å². The summed E-state index contributed by atoms with van der Waals surface area (Å²) in [7, 11) is -1.22. The number of piperazine rings is 1. The second kappa shape index (κ2) is 10.8. The fraction of sp³-hybridized carbons (Fsp3) is 0.357. The van der Waals surface area contributed by atoms with Crippen LogP contribution in [0.25, 0.3) is 10.9 Å². The summed E-state index contributed by atoms with van der Waals surface area (Å²) in [6.45, 7) is 4.16. The minimum Gasteiger partial charge on any atom is -0.369 e. The minimum atomic E-state index is -3.38. The number of para-hydroxylation sites is 1. The van der Waals surface area contributed by atoms with Crippen molar-refractivity contribution < 1.29 is 8.42 Å². The molecule has 204 valence electrons. The Labute approximate surface area is 234 Å². The SMILES string of the molecule is CN1CCN(c2ccc(Nc3nc(NC4=CC=C(Cl)C(NS(=O)(=O)C5CC5)C4)c4ccccc4n3)cc2)CC1. The smallest absolute Gasteiger partial charge is 0.229 e. The lowest BCUT2D eigenvalue weighted by atomic mass is 10.1. The van der Waals surface area contributed by atoms with Crippen molar-refractivity contribution in [1.29, 1.82) is 0 Å². The lowest BCUT2D eigenvalue weighted by Gasteiger charge is -2.34. The van der Waals surface area contributed by atoms with Crippen LogP contribution in [-0.2, 0) is 10.0 Å². The van der Waals surface area contributed by atoms with Crippen LogP contribution >= 0.6 is 11.6 Å². The summed E-state index contributed by atoms with van der Waals surface area (Å²) in [5.74, 6) is 1.11. The lowest BCUT2D eigenvalue weighted by molar-refractivity contribution is 0.313. The fourth-order valence-electron chi connectivity index (χ4n) is 4.87. The molecule has 3 N–H and O–H groups in total. The zero-order valence-electron chi connectivity index (χ0n) is 21.8. The highest BCUT2D eigenvalue weighted by Crippen LogP contribution is 2.32. The Hall–Kier alpha value is -3.18. The number of allylic oxidation sites excluding steroid dienone is 2. The number of nitrogens with one attached hydrogen (secondary N) is 3. The van der Waals surface area contributed by atoms with E-state index in [1.807, 2.05) is 42.5 Å². The largest absolute Gasteiger partial charge is 0.369 e. The Bertz CT molecular complexity index is 1530. The number of rotatable bonds is 8. The van der Waals surface area contributed by atoms with Gasteiger partial charge in [-0.1, -0.05) is 23.7 Å². The maximum Gasteiger partial charge on any atom is 0.229 e. The third-order valence-corrected chi connectivity index (χ3v) is 9.70. The van der Waals surface area contributed by atoms with E-state index in [1.165, 1.54) is 5.69 Å². The number of halogens is 1.